The molecule has 0 bridgehead atoms. The van der Waals surface area contributed by atoms with Gasteiger partial charge >= 0.3 is 0 Å². The van der Waals surface area contributed by atoms with E-state index in [1.165, 1.54) is 12.8 Å². The molecular weight excluding hydrogens is 304 g/mol. The molecule has 3 heterocycles. The van der Waals surface area contributed by atoms with Crippen molar-refractivity contribution in [3.8, 4) is 0 Å². The summed E-state index contributed by atoms with van der Waals surface area (Å²) in [5.41, 5.74) is 1.96. The van der Waals surface area contributed by atoms with Gasteiger partial charge in [0.25, 0.3) is 0 Å². The third-order valence-electron chi connectivity index (χ3n) is 5.31. The van der Waals surface area contributed by atoms with Crippen LogP contribution in [0.1, 0.15) is 43.5 Å². The molecule has 2 aliphatic rings. The van der Waals surface area contributed by atoms with Gasteiger partial charge in [-0.2, -0.15) is 0 Å². The Morgan fingerprint density at radius 3 is 2.88 bits per heavy atom. The van der Waals surface area contributed by atoms with Crippen LogP contribution in [-0.2, 0) is 11.3 Å². The van der Waals surface area contributed by atoms with Crippen molar-refractivity contribution in [3.63, 3.8) is 0 Å². The molecule has 1 N–H and O–H groups in total. The highest BCUT2D eigenvalue weighted by Crippen LogP contribution is 2.39. The maximum atomic E-state index is 12.4. The minimum Gasteiger partial charge on any atom is -0.396 e. The van der Waals surface area contributed by atoms with Gasteiger partial charge in [-0.15, -0.1) is 0 Å². The first-order chi connectivity index (χ1) is 11.6. The summed E-state index contributed by atoms with van der Waals surface area (Å²) < 4.78 is 0. The minimum atomic E-state index is 0.208. The molecule has 1 unspecified atom stereocenters. The first-order valence-corrected chi connectivity index (χ1v) is 8.99. The number of aryl methyl sites for hydroxylation is 1. The molecule has 2 saturated heterocycles. The van der Waals surface area contributed by atoms with Gasteiger partial charge in [0.2, 0.25) is 5.91 Å². The number of nitrogens with zero attached hydrogens (tertiary/aromatic N) is 4. The van der Waals surface area contributed by atoms with E-state index in [9.17, 15) is 4.79 Å². The molecule has 3 rings (SSSR count). The Morgan fingerprint density at radius 2 is 2.12 bits per heavy atom. The molecule has 1 amide bonds. The van der Waals surface area contributed by atoms with Crippen LogP contribution in [0.5, 0.6) is 0 Å². The number of piperidine rings is 2. The lowest BCUT2D eigenvalue weighted by Crippen LogP contribution is -2.53. The predicted molar refractivity (Wildman–Crippen MR) is 91.2 cm³/mol. The first-order valence-electron chi connectivity index (χ1n) is 8.99. The normalized spacial score (nSPS) is 25.4. The fraction of sp³-hybridized carbons (Fsp3) is 0.722. The molecule has 2 fully saturated rings. The molecule has 6 heteroatoms. The van der Waals surface area contributed by atoms with E-state index in [4.69, 9.17) is 5.11 Å². The van der Waals surface area contributed by atoms with Gasteiger partial charge in [-0.1, -0.05) is 0 Å². The number of amides is 1. The lowest BCUT2D eigenvalue weighted by molar-refractivity contribution is -0.140. The van der Waals surface area contributed by atoms with Crippen LogP contribution in [0.2, 0.25) is 0 Å². The maximum absolute atomic E-state index is 12.4. The molecule has 1 aromatic heterocycles. The summed E-state index contributed by atoms with van der Waals surface area (Å²) in [5.74, 6) is 0.232. The van der Waals surface area contributed by atoms with E-state index in [0.29, 0.717) is 13.0 Å². The lowest BCUT2D eigenvalue weighted by Gasteiger charge is -2.48. The molecule has 6 nitrogen and oxygen atoms in total. The minimum absolute atomic E-state index is 0.208. The average Bonchev–Trinajstić information content (AvgIpc) is 2.59. The van der Waals surface area contributed by atoms with Crippen molar-refractivity contribution in [2.24, 2.45) is 5.41 Å². The Kier molecular flexibility index (Phi) is 5.46. The van der Waals surface area contributed by atoms with Gasteiger partial charge in [-0.3, -0.25) is 14.8 Å². The average molecular weight is 332 g/mol. The van der Waals surface area contributed by atoms with Crippen LogP contribution in [-0.4, -0.2) is 63.6 Å². The monoisotopic (exact) mass is 332 g/mol. The van der Waals surface area contributed by atoms with E-state index in [1.807, 2.05) is 11.8 Å². The maximum Gasteiger partial charge on any atom is 0.222 e. The molecule has 1 aromatic rings. The van der Waals surface area contributed by atoms with E-state index < -0.39 is 0 Å². The molecule has 1 atom stereocenters. The van der Waals surface area contributed by atoms with E-state index in [0.717, 1.165) is 50.4 Å². The van der Waals surface area contributed by atoms with Crippen LogP contribution in [0, 0.1) is 12.3 Å². The highest BCUT2D eigenvalue weighted by atomic mass is 16.3. The van der Waals surface area contributed by atoms with Crippen LogP contribution in [0.3, 0.4) is 0 Å². The van der Waals surface area contributed by atoms with Gasteiger partial charge in [0.1, 0.15) is 0 Å². The number of rotatable bonds is 5. The highest BCUT2D eigenvalue weighted by Gasteiger charge is 2.41. The summed E-state index contributed by atoms with van der Waals surface area (Å²) in [6, 6.07) is 0. The Hall–Kier alpha value is -1.53. The van der Waals surface area contributed by atoms with Crippen molar-refractivity contribution < 1.29 is 9.90 Å². The second-order valence-corrected chi connectivity index (χ2v) is 7.36. The number of hydrogen-bond donors (Lipinski definition) is 1. The Morgan fingerprint density at radius 1 is 1.25 bits per heavy atom. The summed E-state index contributed by atoms with van der Waals surface area (Å²) in [5, 5.41) is 9.07. The van der Waals surface area contributed by atoms with Gasteiger partial charge in [0.15, 0.2) is 0 Å². The molecular formula is C18H28N4O2. The standard InChI is InChI=1S/C18H28N4O2/c1-15-10-20-16(11-19-15)12-22-14-18(6-4-17(22)24)5-2-7-21(13-18)8-3-9-23/h10-11,23H,2-9,12-14H2,1H3. The number of aliphatic hydroxyl groups excluding tert-OH is 1. The smallest absolute Gasteiger partial charge is 0.222 e. The van der Waals surface area contributed by atoms with Crippen LogP contribution in [0.15, 0.2) is 12.4 Å². The van der Waals surface area contributed by atoms with Crippen LogP contribution >= 0.6 is 0 Å². The third-order valence-corrected chi connectivity index (χ3v) is 5.31. The molecule has 0 saturated carbocycles. The Bertz CT molecular complexity index is 563. The fourth-order valence-corrected chi connectivity index (χ4v) is 4.07. The van der Waals surface area contributed by atoms with Crippen LogP contribution in [0.4, 0.5) is 0 Å². The van der Waals surface area contributed by atoms with Crippen molar-refractivity contribution in [2.45, 2.75) is 45.6 Å². The van der Waals surface area contributed by atoms with E-state index >= 15 is 0 Å². The number of carbonyl (C=O) groups is 1. The zero-order valence-corrected chi connectivity index (χ0v) is 14.6. The summed E-state index contributed by atoms with van der Waals surface area (Å²) in [7, 11) is 0. The predicted octanol–water partition coefficient (Wildman–Crippen LogP) is 1.37. The third kappa shape index (κ3) is 4.11. The van der Waals surface area contributed by atoms with E-state index in [-0.39, 0.29) is 17.9 Å². The number of hydrogen-bond acceptors (Lipinski definition) is 5. The topological polar surface area (TPSA) is 69.6 Å². The van der Waals surface area contributed by atoms with Crippen molar-refractivity contribution in [1.29, 1.82) is 0 Å². The zero-order chi connectivity index (χ0) is 17.0. The summed E-state index contributed by atoms with van der Waals surface area (Å²) in [6.45, 7) is 6.65. The van der Waals surface area contributed by atoms with Gasteiger partial charge in [0, 0.05) is 44.3 Å². The fourth-order valence-electron chi connectivity index (χ4n) is 4.07. The highest BCUT2D eigenvalue weighted by molar-refractivity contribution is 5.77. The van der Waals surface area contributed by atoms with E-state index in [2.05, 4.69) is 14.9 Å². The van der Waals surface area contributed by atoms with Gasteiger partial charge in [0.05, 0.1) is 24.1 Å². The summed E-state index contributed by atoms with van der Waals surface area (Å²) >= 11 is 0. The van der Waals surface area contributed by atoms with Crippen molar-refractivity contribution >= 4 is 5.91 Å². The second-order valence-electron chi connectivity index (χ2n) is 7.36. The Labute approximate surface area is 143 Å². The number of carbonyl (C=O) groups excluding carboxylic acids is 1. The van der Waals surface area contributed by atoms with Crippen LogP contribution < -0.4 is 0 Å². The lowest BCUT2D eigenvalue weighted by atomic mass is 9.73. The molecule has 0 aliphatic carbocycles. The number of aliphatic hydroxyl groups is 1. The van der Waals surface area contributed by atoms with E-state index in [1.54, 1.807) is 12.4 Å². The molecule has 1 spiro atoms. The van der Waals surface area contributed by atoms with Gasteiger partial charge < -0.3 is 14.9 Å². The van der Waals surface area contributed by atoms with Gasteiger partial charge in [-0.25, -0.2) is 0 Å². The largest absolute Gasteiger partial charge is 0.396 e. The first kappa shape index (κ1) is 17.3. The summed E-state index contributed by atoms with van der Waals surface area (Å²) in [6.07, 6.45) is 8.35. The summed E-state index contributed by atoms with van der Waals surface area (Å²) in [4.78, 5) is 25.5. The van der Waals surface area contributed by atoms with Gasteiger partial charge in [-0.05, 0) is 39.2 Å². The molecule has 132 valence electrons. The number of likely N-dealkylation sites (tertiary alicyclic amines) is 2. The van der Waals surface area contributed by atoms with Crippen molar-refractivity contribution in [3.05, 3.63) is 23.8 Å². The second kappa shape index (κ2) is 7.57. The van der Waals surface area contributed by atoms with Crippen LogP contribution in [0.25, 0.3) is 0 Å². The van der Waals surface area contributed by atoms with Crippen molar-refractivity contribution in [2.75, 3.05) is 32.8 Å². The molecule has 24 heavy (non-hydrogen) atoms. The number of aromatic nitrogens is 2. The molecule has 0 aromatic carbocycles. The molecule has 0 radical (unpaired) electrons. The zero-order valence-electron chi connectivity index (χ0n) is 14.6. The van der Waals surface area contributed by atoms with Crippen molar-refractivity contribution in [1.82, 2.24) is 19.8 Å². The Balaban J connectivity index is 1.65. The SMILES string of the molecule is Cc1cnc(CN2CC3(CCCN(CCCO)C3)CCC2=O)cn1. The molecule has 2 aliphatic heterocycles. The quantitative estimate of drug-likeness (QED) is 0.882.